The first-order chi connectivity index (χ1) is 13.5. The number of nitrogens with one attached hydrogen (secondary N) is 1. The minimum absolute atomic E-state index is 0. The molecule has 0 heterocycles. The van der Waals surface area contributed by atoms with E-state index in [1.54, 1.807) is 0 Å². The topological polar surface area (TPSA) is 112 Å². The zero-order valence-electron chi connectivity index (χ0n) is 18.8. The number of primary amides is 1. The Labute approximate surface area is 199 Å². The maximum Gasteiger partial charge on any atom is 1.00 e. The second-order valence-corrected chi connectivity index (χ2v) is 7.81. The third-order valence-electron chi connectivity index (χ3n) is 5.03. The van der Waals surface area contributed by atoms with E-state index in [0.29, 0.717) is 0 Å². The molecule has 0 spiro atoms. The first-order valence-corrected chi connectivity index (χ1v) is 11.3. The summed E-state index contributed by atoms with van der Waals surface area (Å²) in [4.78, 5) is 33.4. The largest absolute Gasteiger partial charge is 1.00 e. The number of aliphatic carboxylic acids is 1. The predicted octanol–water partition coefficient (Wildman–Crippen LogP) is 0.362. The fourth-order valence-electron chi connectivity index (χ4n) is 3.32. The zero-order chi connectivity index (χ0) is 21.0. The minimum atomic E-state index is -1.48. The molecule has 0 fully saturated rings. The summed E-state index contributed by atoms with van der Waals surface area (Å²) in [7, 11) is 0. The number of nitrogens with two attached hydrogens (primary N) is 1. The van der Waals surface area contributed by atoms with Gasteiger partial charge in [0.15, 0.2) is 0 Å². The van der Waals surface area contributed by atoms with Gasteiger partial charge in [0.25, 0.3) is 0 Å². The number of carboxylic acid groups (broad SMARTS) is 1. The van der Waals surface area contributed by atoms with E-state index < -0.39 is 24.3 Å². The molecule has 0 aromatic carbocycles. The molecule has 0 unspecified atom stereocenters. The number of amides is 2. The Balaban J connectivity index is 0. The van der Waals surface area contributed by atoms with Crippen LogP contribution in [0.25, 0.3) is 0 Å². The number of carbonyl (C=O) groups is 3. The molecule has 0 aromatic heterocycles. The molecular formula is C22H41N2NaO4. The van der Waals surface area contributed by atoms with E-state index in [4.69, 9.17) is 5.73 Å². The van der Waals surface area contributed by atoms with Crippen molar-refractivity contribution in [1.82, 2.24) is 5.32 Å². The number of carbonyl (C=O) groups excluding carboxylic acids is 3. The van der Waals surface area contributed by atoms with E-state index in [1.807, 2.05) is 0 Å². The van der Waals surface area contributed by atoms with E-state index in [9.17, 15) is 19.5 Å². The van der Waals surface area contributed by atoms with E-state index in [1.165, 1.54) is 77.0 Å². The second-order valence-electron chi connectivity index (χ2n) is 7.81. The van der Waals surface area contributed by atoms with Crippen molar-refractivity contribution in [2.75, 3.05) is 0 Å². The SMILES string of the molecule is CCCCCCCCCCCCCCCCCC(=O)N[C@@H](CC(N)=O)C(=O)[O-].[Na+]. The van der Waals surface area contributed by atoms with Gasteiger partial charge in [-0.25, -0.2) is 0 Å². The number of carboxylic acids is 1. The Morgan fingerprint density at radius 3 is 1.48 bits per heavy atom. The number of unbranched alkanes of at least 4 members (excludes halogenated alkanes) is 14. The van der Waals surface area contributed by atoms with Gasteiger partial charge in [-0.3, -0.25) is 9.59 Å². The van der Waals surface area contributed by atoms with E-state index in [2.05, 4.69) is 12.2 Å². The summed E-state index contributed by atoms with van der Waals surface area (Å²) in [5.41, 5.74) is 4.96. The molecule has 2 amide bonds. The molecule has 0 aromatic rings. The fourth-order valence-corrected chi connectivity index (χ4v) is 3.32. The molecule has 0 saturated heterocycles. The monoisotopic (exact) mass is 420 g/mol. The maximum atomic E-state index is 11.7. The third kappa shape index (κ3) is 21.9. The fraction of sp³-hybridized carbons (Fsp3) is 0.864. The van der Waals surface area contributed by atoms with Gasteiger partial charge in [-0.2, -0.15) is 0 Å². The number of hydrogen-bond acceptors (Lipinski definition) is 4. The average Bonchev–Trinajstić information content (AvgIpc) is 2.64. The molecule has 3 N–H and O–H groups in total. The summed E-state index contributed by atoms with van der Waals surface area (Å²) in [5.74, 6) is -2.63. The average molecular weight is 421 g/mol. The van der Waals surface area contributed by atoms with Crippen LogP contribution >= 0.6 is 0 Å². The van der Waals surface area contributed by atoms with Gasteiger partial charge < -0.3 is 21.0 Å². The first kappa shape index (κ1) is 30.6. The smallest absolute Gasteiger partial charge is 0.548 e. The molecule has 0 aliphatic rings. The van der Waals surface area contributed by atoms with Crippen LogP contribution in [0.2, 0.25) is 0 Å². The van der Waals surface area contributed by atoms with Gasteiger partial charge >= 0.3 is 29.6 Å². The molecule has 6 nitrogen and oxygen atoms in total. The van der Waals surface area contributed by atoms with E-state index in [-0.39, 0.29) is 41.9 Å². The Bertz CT molecular complexity index is 433. The van der Waals surface area contributed by atoms with E-state index >= 15 is 0 Å². The van der Waals surface area contributed by atoms with Crippen LogP contribution in [0.1, 0.15) is 116 Å². The van der Waals surface area contributed by atoms with Crippen molar-refractivity contribution >= 4 is 17.8 Å². The molecule has 0 saturated carbocycles. The summed E-state index contributed by atoms with van der Waals surface area (Å²) in [6.07, 6.45) is 18.6. The quantitative estimate of drug-likeness (QED) is 0.219. The van der Waals surface area contributed by atoms with Crippen molar-refractivity contribution in [3.8, 4) is 0 Å². The molecular weight excluding hydrogens is 379 g/mol. The van der Waals surface area contributed by atoms with Crippen LogP contribution in [0.5, 0.6) is 0 Å². The predicted molar refractivity (Wildman–Crippen MR) is 110 cm³/mol. The summed E-state index contributed by atoms with van der Waals surface area (Å²) >= 11 is 0. The maximum absolute atomic E-state index is 11.7. The van der Waals surface area contributed by atoms with Crippen LogP contribution < -0.4 is 45.7 Å². The molecule has 0 bridgehead atoms. The Morgan fingerprint density at radius 2 is 1.14 bits per heavy atom. The van der Waals surface area contributed by atoms with Crippen LogP contribution in [-0.4, -0.2) is 23.8 Å². The summed E-state index contributed by atoms with van der Waals surface area (Å²) in [6.45, 7) is 2.25. The molecule has 7 heteroatoms. The summed E-state index contributed by atoms with van der Waals surface area (Å²) < 4.78 is 0. The van der Waals surface area contributed by atoms with Crippen molar-refractivity contribution < 1.29 is 49.0 Å². The second kappa shape index (κ2) is 22.1. The van der Waals surface area contributed by atoms with Crippen LogP contribution in [0, 0.1) is 0 Å². The summed E-state index contributed by atoms with van der Waals surface area (Å²) in [5, 5.41) is 13.1. The van der Waals surface area contributed by atoms with E-state index in [0.717, 1.165) is 19.3 Å². The van der Waals surface area contributed by atoms with Crippen LogP contribution in [0.4, 0.5) is 0 Å². The zero-order valence-corrected chi connectivity index (χ0v) is 20.8. The van der Waals surface area contributed by atoms with Gasteiger partial charge in [0, 0.05) is 6.42 Å². The van der Waals surface area contributed by atoms with Crippen molar-refractivity contribution in [1.29, 1.82) is 0 Å². The normalized spacial score (nSPS) is 11.5. The molecule has 0 rings (SSSR count). The van der Waals surface area contributed by atoms with Crippen LogP contribution in [-0.2, 0) is 14.4 Å². The number of hydrogen-bond donors (Lipinski definition) is 2. The first-order valence-electron chi connectivity index (χ1n) is 11.3. The van der Waals surface area contributed by atoms with Crippen molar-refractivity contribution in [2.45, 2.75) is 122 Å². The van der Waals surface area contributed by atoms with Gasteiger partial charge in [-0.1, -0.05) is 96.8 Å². The molecule has 29 heavy (non-hydrogen) atoms. The van der Waals surface area contributed by atoms with Gasteiger partial charge in [0.1, 0.15) is 0 Å². The molecule has 0 radical (unpaired) electrons. The molecule has 0 aliphatic heterocycles. The van der Waals surface area contributed by atoms with Gasteiger partial charge in [0.2, 0.25) is 11.8 Å². The van der Waals surface area contributed by atoms with Crippen LogP contribution in [0.15, 0.2) is 0 Å². The van der Waals surface area contributed by atoms with Gasteiger partial charge in [0.05, 0.1) is 18.4 Å². The van der Waals surface area contributed by atoms with Gasteiger partial charge in [-0.05, 0) is 6.42 Å². The standard InChI is InChI=1S/C22H42N2O4.Na/c1-2-3-4-5-6-7-8-9-10-11-12-13-14-15-16-17-21(26)24-19(22(27)28)18-20(23)25;/h19H,2-18H2,1H3,(H2,23,25)(H,24,26)(H,27,28);/q;+1/p-1/t19-;/m0./s1. The third-order valence-corrected chi connectivity index (χ3v) is 5.03. The Hall–Kier alpha value is -0.590. The van der Waals surface area contributed by atoms with Crippen LogP contribution in [0.3, 0.4) is 0 Å². The van der Waals surface area contributed by atoms with Crippen molar-refractivity contribution in [3.63, 3.8) is 0 Å². The Kier molecular flexibility index (Phi) is 23.3. The molecule has 164 valence electrons. The van der Waals surface area contributed by atoms with Gasteiger partial charge in [-0.15, -0.1) is 0 Å². The number of rotatable bonds is 20. The van der Waals surface area contributed by atoms with Crippen molar-refractivity contribution in [2.24, 2.45) is 5.73 Å². The summed E-state index contributed by atoms with van der Waals surface area (Å²) in [6, 6.07) is -1.33. The Morgan fingerprint density at radius 1 is 0.759 bits per heavy atom. The molecule has 0 aliphatic carbocycles. The van der Waals surface area contributed by atoms with Crippen molar-refractivity contribution in [3.05, 3.63) is 0 Å². The minimum Gasteiger partial charge on any atom is -0.548 e. The molecule has 1 atom stereocenters.